The maximum atomic E-state index is 13.5. The Morgan fingerprint density at radius 2 is 1.62 bits per heavy atom. The molecule has 2 amide bonds. The van der Waals surface area contributed by atoms with Gasteiger partial charge in [-0.25, -0.2) is 5.43 Å². The number of aryl methyl sites for hydroxylation is 1. The van der Waals surface area contributed by atoms with E-state index in [-0.39, 0.29) is 15.6 Å². The van der Waals surface area contributed by atoms with E-state index in [4.69, 9.17) is 11.6 Å². The summed E-state index contributed by atoms with van der Waals surface area (Å²) in [6, 6.07) is 10.1. The van der Waals surface area contributed by atoms with Gasteiger partial charge in [0.05, 0.1) is 10.7 Å². The number of nitrogens with zero attached hydrogens (tertiary/aromatic N) is 1. The van der Waals surface area contributed by atoms with Crippen LogP contribution in [0.2, 0.25) is 5.02 Å². The molecule has 0 radical (unpaired) electrons. The zero-order chi connectivity index (χ0) is 27.8. The van der Waals surface area contributed by atoms with Crippen LogP contribution in [0.4, 0.5) is 36.4 Å². The number of nitrogens with one attached hydrogen (secondary N) is 2. The molecule has 2 N–H and O–H groups in total. The molecule has 0 aliphatic rings. The molecular weight excluding hydrogens is 551 g/mol. The number of carbonyl (C=O) groups excluding carboxylic acids is 2. The molecule has 0 aliphatic heterocycles. The quantitative estimate of drug-likeness (QED) is 0.183. The largest absolute Gasteiger partial charge is 0.460 e. The van der Waals surface area contributed by atoms with E-state index in [1.807, 2.05) is 25.1 Å². The lowest BCUT2D eigenvalue weighted by atomic mass is 10.1. The molecule has 37 heavy (non-hydrogen) atoms. The zero-order valence-corrected chi connectivity index (χ0v) is 20.5. The van der Waals surface area contributed by atoms with Crippen LogP contribution >= 0.6 is 22.9 Å². The van der Waals surface area contributed by atoms with E-state index in [0.717, 1.165) is 28.8 Å². The normalized spacial score (nSPS) is 13.1. The van der Waals surface area contributed by atoms with E-state index in [1.165, 1.54) is 35.7 Å². The molecule has 3 aromatic rings. The first-order chi connectivity index (χ1) is 17.1. The lowest BCUT2D eigenvalue weighted by Gasteiger charge is -2.27. The number of benzene rings is 2. The smallest absolute Gasteiger partial charge is 0.321 e. The SMILES string of the molecule is CCc1ccc2c(Cl)c(C(=O)NN=C(C)c3ccc(NC(=O)C(F)(F)C(F)(F)C(F)(F)F)cc3)sc2c1. The van der Waals surface area contributed by atoms with Crippen molar-refractivity contribution in [1.29, 1.82) is 0 Å². The first kappa shape index (κ1) is 28.4. The third-order valence-corrected chi connectivity index (χ3v) is 6.89. The summed E-state index contributed by atoms with van der Waals surface area (Å²) in [5.41, 5.74) is 3.50. The summed E-state index contributed by atoms with van der Waals surface area (Å²) in [5, 5.41) is 6.25. The molecule has 3 rings (SSSR count). The second kappa shape index (κ2) is 10.3. The van der Waals surface area contributed by atoms with Gasteiger partial charge in [-0.1, -0.05) is 42.8 Å². The molecule has 0 saturated heterocycles. The van der Waals surface area contributed by atoms with Gasteiger partial charge in [-0.3, -0.25) is 9.59 Å². The number of hydrogen-bond acceptors (Lipinski definition) is 4. The monoisotopic (exact) mass is 567 g/mol. The number of rotatable bonds is 7. The minimum atomic E-state index is -6.63. The molecule has 0 spiro atoms. The number of amides is 2. The Labute approximate surface area is 214 Å². The molecule has 0 bridgehead atoms. The lowest BCUT2D eigenvalue weighted by molar-refractivity contribution is -0.343. The first-order valence-electron chi connectivity index (χ1n) is 10.4. The van der Waals surface area contributed by atoms with Crippen molar-refractivity contribution in [3.05, 3.63) is 63.5 Å². The summed E-state index contributed by atoms with van der Waals surface area (Å²) in [6.07, 6.45) is -5.82. The van der Waals surface area contributed by atoms with Crippen molar-refractivity contribution < 1.29 is 40.3 Å². The Balaban J connectivity index is 1.70. The van der Waals surface area contributed by atoms with Crippen molar-refractivity contribution in [3.8, 4) is 0 Å². The van der Waals surface area contributed by atoms with Crippen LogP contribution in [0.5, 0.6) is 0 Å². The van der Waals surface area contributed by atoms with Crippen molar-refractivity contribution in [2.24, 2.45) is 5.10 Å². The highest BCUT2D eigenvalue weighted by Gasteiger charge is 2.76. The molecule has 198 valence electrons. The Bertz CT molecular complexity index is 1370. The third-order valence-electron chi connectivity index (χ3n) is 5.23. The van der Waals surface area contributed by atoms with Crippen molar-refractivity contribution in [2.75, 3.05) is 5.32 Å². The fourth-order valence-corrected chi connectivity index (χ4v) is 4.52. The van der Waals surface area contributed by atoms with Crippen molar-refractivity contribution in [1.82, 2.24) is 5.43 Å². The summed E-state index contributed by atoms with van der Waals surface area (Å²) < 4.78 is 90.6. The maximum absolute atomic E-state index is 13.5. The number of thiophene rings is 1. The molecule has 2 aromatic carbocycles. The Hall–Kier alpha value is -3.19. The van der Waals surface area contributed by atoms with E-state index in [9.17, 15) is 40.3 Å². The number of hydrazone groups is 1. The van der Waals surface area contributed by atoms with Gasteiger partial charge in [0.15, 0.2) is 0 Å². The minimum Gasteiger partial charge on any atom is -0.321 e. The number of anilines is 1. The fraction of sp³-hybridized carbons (Fsp3) is 0.261. The van der Waals surface area contributed by atoms with Crippen LogP contribution < -0.4 is 10.7 Å². The van der Waals surface area contributed by atoms with E-state index < -0.39 is 35.5 Å². The van der Waals surface area contributed by atoms with Gasteiger partial charge in [0.1, 0.15) is 4.88 Å². The van der Waals surface area contributed by atoms with Gasteiger partial charge in [0, 0.05) is 15.8 Å². The van der Waals surface area contributed by atoms with E-state index in [1.54, 1.807) is 0 Å². The number of fused-ring (bicyclic) bond motifs is 1. The molecule has 1 aromatic heterocycles. The standard InChI is InChI=1S/C23H17ClF7N3O2S/c1-3-12-4-9-15-16(10-12)37-18(17(15)24)19(35)34-33-11(2)13-5-7-14(8-6-13)32-20(36)21(25,26)22(27,28)23(29,30)31/h4-10H,3H2,1-2H3,(H,32,36)(H,34,35). The Morgan fingerprint density at radius 1 is 1.00 bits per heavy atom. The van der Waals surface area contributed by atoms with Gasteiger partial charge >= 0.3 is 23.9 Å². The molecule has 0 unspecified atom stereocenters. The van der Waals surface area contributed by atoms with Crippen LogP contribution in [0, 0.1) is 0 Å². The van der Waals surface area contributed by atoms with Crippen molar-refractivity contribution in [3.63, 3.8) is 0 Å². The number of hydrogen-bond donors (Lipinski definition) is 2. The molecule has 1 heterocycles. The third kappa shape index (κ3) is 5.57. The first-order valence-corrected chi connectivity index (χ1v) is 11.6. The summed E-state index contributed by atoms with van der Waals surface area (Å²) in [4.78, 5) is 24.3. The Kier molecular flexibility index (Phi) is 7.89. The second-order valence-electron chi connectivity index (χ2n) is 7.75. The van der Waals surface area contributed by atoms with Gasteiger partial charge in [0.2, 0.25) is 0 Å². The summed E-state index contributed by atoms with van der Waals surface area (Å²) in [6.45, 7) is 3.47. The summed E-state index contributed by atoms with van der Waals surface area (Å²) in [7, 11) is 0. The molecule has 5 nitrogen and oxygen atoms in total. The molecular formula is C23H17ClF7N3O2S. The fourth-order valence-electron chi connectivity index (χ4n) is 3.05. The van der Waals surface area contributed by atoms with Crippen molar-refractivity contribution in [2.45, 2.75) is 38.3 Å². The van der Waals surface area contributed by atoms with Gasteiger partial charge in [-0.05, 0) is 42.7 Å². The maximum Gasteiger partial charge on any atom is 0.460 e. The second-order valence-corrected chi connectivity index (χ2v) is 9.18. The van der Waals surface area contributed by atoms with Crippen LogP contribution in [0.3, 0.4) is 0 Å². The van der Waals surface area contributed by atoms with Gasteiger partial charge in [0.25, 0.3) is 5.91 Å². The molecule has 0 saturated carbocycles. The van der Waals surface area contributed by atoms with Crippen LogP contribution in [0.25, 0.3) is 10.1 Å². The number of carbonyl (C=O) groups is 2. The minimum absolute atomic E-state index is 0.227. The Morgan fingerprint density at radius 3 is 2.19 bits per heavy atom. The van der Waals surface area contributed by atoms with E-state index >= 15 is 0 Å². The van der Waals surface area contributed by atoms with Crippen LogP contribution in [0.1, 0.15) is 34.6 Å². The summed E-state index contributed by atoms with van der Waals surface area (Å²) in [5.74, 6) is -16.0. The van der Waals surface area contributed by atoms with Crippen LogP contribution in [-0.4, -0.2) is 35.5 Å². The highest BCUT2D eigenvalue weighted by Crippen LogP contribution is 2.47. The molecule has 14 heteroatoms. The predicted octanol–water partition coefficient (Wildman–Crippen LogP) is 7.04. The predicted molar refractivity (Wildman–Crippen MR) is 127 cm³/mol. The molecule has 0 fully saturated rings. The summed E-state index contributed by atoms with van der Waals surface area (Å²) >= 11 is 7.51. The van der Waals surface area contributed by atoms with Gasteiger partial charge in [-0.15, -0.1) is 11.3 Å². The molecule has 0 atom stereocenters. The zero-order valence-electron chi connectivity index (χ0n) is 18.9. The van der Waals surface area contributed by atoms with Crippen LogP contribution in [-0.2, 0) is 11.2 Å². The highest BCUT2D eigenvalue weighted by molar-refractivity contribution is 7.21. The van der Waals surface area contributed by atoms with E-state index in [2.05, 4.69) is 10.5 Å². The lowest BCUT2D eigenvalue weighted by Crippen LogP contribution is -2.57. The number of alkyl halides is 7. The van der Waals surface area contributed by atoms with Gasteiger partial charge < -0.3 is 5.32 Å². The highest BCUT2D eigenvalue weighted by atomic mass is 35.5. The average molecular weight is 568 g/mol. The van der Waals surface area contributed by atoms with Gasteiger partial charge in [-0.2, -0.15) is 35.8 Å². The average Bonchev–Trinajstić information content (AvgIpc) is 3.17. The van der Waals surface area contributed by atoms with Crippen molar-refractivity contribution >= 4 is 56.2 Å². The topological polar surface area (TPSA) is 70.6 Å². The van der Waals surface area contributed by atoms with Crippen LogP contribution in [0.15, 0.2) is 47.6 Å². The number of halogens is 8. The van der Waals surface area contributed by atoms with E-state index in [0.29, 0.717) is 10.9 Å². The molecule has 0 aliphatic carbocycles.